The third-order valence-corrected chi connectivity index (χ3v) is 4.16. The molecule has 2 rings (SSSR count). The Labute approximate surface area is 121 Å². The van der Waals surface area contributed by atoms with Crippen LogP contribution in [-0.2, 0) is 4.79 Å². The van der Waals surface area contributed by atoms with Crippen molar-refractivity contribution in [1.82, 2.24) is 4.90 Å². The highest BCUT2D eigenvalue weighted by molar-refractivity contribution is 5.95. The van der Waals surface area contributed by atoms with Crippen LogP contribution < -0.4 is 0 Å². The molecule has 0 unspecified atom stereocenters. The number of nitrogens with zero attached hydrogens (tertiary/aromatic N) is 1. The van der Waals surface area contributed by atoms with Crippen molar-refractivity contribution in [3.63, 3.8) is 0 Å². The number of rotatable bonds is 3. The van der Waals surface area contributed by atoms with Crippen molar-refractivity contribution in [2.75, 3.05) is 13.1 Å². The van der Waals surface area contributed by atoms with E-state index in [0.29, 0.717) is 31.9 Å². The van der Waals surface area contributed by atoms with Crippen LogP contribution in [0.3, 0.4) is 0 Å². The van der Waals surface area contributed by atoms with Gasteiger partial charge in [0.2, 0.25) is 0 Å². The Balaban J connectivity index is 2.25. The quantitative estimate of drug-likeness (QED) is 0.933. The molecule has 0 bridgehead atoms. The lowest BCUT2D eigenvalue weighted by Gasteiger charge is -2.39. The fourth-order valence-corrected chi connectivity index (χ4v) is 2.75. The Morgan fingerprint density at radius 2 is 2.10 bits per heavy atom. The van der Waals surface area contributed by atoms with Gasteiger partial charge in [-0.05, 0) is 31.4 Å². The number of piperidine rings is 1. The van der Waals surface area contributed by atoms with Gasteiger partial charge in [0, 0.05) is 19.2 Å². The third kappa shape index (κ3) is 2.89. The van der Waals surface area contributed by atoms with Gasteiger partial charge < -0.3 is 10.0 Å². The van der Waals surface area contributed by atoms with Crippen LogP contribution in [0.25, 0.3) is 0 Å². The Morgan fingerprint density at radius 1 is 1.38 bits per heavy atom. The van der Waals surface area contributed by atoms with Crippen molar-refractivity contribution in [3.05, 3.63) is 35.4 Å². The SMILES string of the molecule is CC[C@@]1(C(=O)O)CCCN(C(=O)c2ccc(F)cc2F)C1. The average molecular weight is 297 g/mol. The maximum absolute atomic E-state index is 13.7. The lowest BCUT2D eigenvalue weighted by Crippen LogP contribution is -2.49. The van der Waals surface area contributed by atoms with Gasteiger partial charge >= 0.3 is 5.97 Å². The molecule has 1 atom stereocenters. The maximum atomic E-state index is 13.7. The molecule has 1 aliphatic rings. The van der Waals surface area contributed by atoms with Crippen molar-refractivity contribution >= 4 is 11.9 Å². The van der Waals surface area contributed by atoms with E-state index in [4.69, 9.17) is 0 Å². The van der Waals surface area contributed by atoms with Crippen molar-refractivity contribution in [1.29, 1.82) is 0 Å². The highest BCUT2D eigenvalue weighted by Crippen LogP contribution is 2.34. The Morgan fingerprint density at radius 3 is 2.67 bits per heavy atom. The van der Waals surface area contributed by atoms with Gasteiger partial charge in [-0.25, -0.2) is 8.78 Å². The van der Waals surface area contributed by atoms with E-state index in [2.05, 4.69) is 0 Å². The molecule has 0 aromatic heterocycles. The first-order chi connectivity index (χ1) is 9.89. The molecule has 1 aromatic carbocycles. The van der Waals surface area contributed by atoms with Crippen LogP contribution in [-0.4, -0.2) is 35.0 Å². The number of carboxylic acids is 1. The summed E-state index contributed by atoms with van der Waals surface area (Å²) in [7, 11) is 0. The van der Waals surface area contributed by atoms with Crippen LogP contribution in [0.5, 0.6) is 0 Å². The van der Waals surface area contributed by atoms with Crippen molar-refractivity contribution in [3.8, 4) is 0 Å². The predicted molar refractivity (Wildman–Crippen MR) is 71.9 cm³/mol. The van der Waals surface area contributed by atoms with E-state index in [1.54, 1.807) is 6.92 Å². The summed E-state index contributed by atoms with van der Waals surface area (Å²) in [5.41, 5.74) is -1.21. The normalized spacial score (nSPS) is 22.1. The number of amides is 1. The first kappa shape index (κ1) is 15.4. The summed E-state index contributed by atoms with van der Waals surface area (Å²) in [6.07, 6.45) is 1.45. The minimum Gasteiger partial charge on any atom is -0.481 e. The number of carbonyl (C=O) groups is 2. The summed E-state index contributed by atoms with van der Waals surface area (Å²) >= 11 is 0. The minimum atomic E-state index is -0.982. The molecule has 1 heterocycles. The molecule has 4 nitrogen and oxygen atoms in total. The number of aliphatic carboxylic acids is 1. The van der Waals surface area contributed by atoms with Gasteiger partial charge in [0.25, 0.3) is 5.91 Å². The summed E-state index contributed by atoms with van der Waals surface area (Å²) < 4.78 is 26.6. The second-order valence-electron chi connectivity index (χ2n) is 5.39. The van der Waals surface area contributed by atoms with Crippen LogP contribution in [0.15, 0.2) is 18.2 Å². The summed E-state index contributed by atoms with van der Waals surface area (Å²) in [4.78, 5) is 25.1. The van der Waals surface area contributed by atoms with Crippen LogP contribution in [0.2, 0.25) is 0 Å². The predicted octanol–water partition coefficient (Wildman–Crippen LogP) is 2.68. The van der Waals surface area contributed by atoms with E-state index >= 15 is 0 Å². The molecule has 0 aliphatic carbocycles. The van der Waals surface area contributed by atoms with E-state index in [-0.39, 0.29) is 12.1 Å². The summed E-state index contributed by atoms with van der Waals surface area (Å²) in [5, 5.41) is 9.39. The van der Waals surface area contributed by atoms with E-state index in [1.165, 1.54) is 4.90 Å². The number of carbonyl (C=O) groups excluding carboxylic acids is 1. The summed E-state index contributed by atoms with van der Waals surface area (Å²) in [5.74, 6) is -3.22. The molecule has 0 radical (unpaired) electrons. The van der Waals surface area contributed by atoms with Crippen LogP contribution in [0.4, 0.5) is 8.78 Å². The lowest BCUT2D eigenvalue weighted by atomic mass is 9.77. The van der Waals surface area contributed by atoms with E-state index in [9.17, 15) is 23.5 Å². The van der Waals surface area contributed by atoms with Crippen LogP contribution in [0, 0.1) is 17.0 Å². The second kappa shape index (κ2) is 5.79. The van der Waals surface area contributed by atoms with Gasteiger partial charge in [-0.1, -0.05) is 6.92 Å². The summed E-state index contributed by atoms with van der Waals surface area (Å²) in [6, 6.07) is 2.77. The molecule has 1 N–H and O–H groups in total. The third-order valence-electron chi connectivity index (χ3n) is 4.16. The molecule has 1 amide bonds. The van der Waals surface area contributed by atoms with Gasteiger partial charge in [0.15, 0.2) is 0 Å². The van der Waals surface area contributed by atoms with Crippen molar-refractivity contribution < 1.29 is 23.5 Å². The highest BCUT2D eigenvalue weighted by Gasteiger charge is 2.42. The molecule has 1 fully saturated rings. The molecule has 114 valence electrons. The van der Waals surface area contributed by atoms with Crippen LogP contribution in [0.1, 0.15) is 36.5 Å². The Hall–Kier alpha value is -1.98. The average Bonchev–Trinajstić information content (AvgIpc) is 2.46. The van der Waals surface area contributed by atoms with E-state index < -0.39 is 28.9 Å². The highest BCUT2D eigenvalue weighted by atomic mass is 19.1. The topological polar surface area (TPSA) is 57.6 Å². The largest absolute Gasteiger partial charge is 0.481 e. The number of halogens is 2. The second-order valence-corrected chi connectivity index (χ2v) is 5.39. The monoisotopic (exact) mass is 297 g/mol. The molecule has 21 heavy (non-hydrogen) atoms. The van der Waals surface area contributed by atoms with Crippen molar-refractivity contribution in [2.24, 2.45) is 5.41 Å². The Kier molecular flexibility index (Phi) is 4.25. The number of benzene rings is 1. The summed E-state index contributed by atoms with van der Waals surface area (Å²) in [6.45, 7) is 2.19. The Bertz CT molecular complexity index is 576. The minimum absolute atomic E-state index is 0.0501. The fraction of sp³-hybridized carbons (Fsp3) is 0.467. The van der Waals surface area contributed by atoms with Crippen LogP contribution >= 0.6 is 0 Å². The molecule has 1 aromatic rings. The number of likely N-dealkylation sites (tertiary alicyclic amines) is 1. The fourth-order valence-electron chi connectivity index (χ4n) is 2.75. The molecule has 0 saturated carbocycles. The van der Waals surface area contributed by atoms with Crippen molar-refractivity contribution in [2.45, 2.75) is 26.2 Å². The molecule has 0 spiro atoms. The first-order valence-corrected chi connectivity index (χ1v) is 6.87. The molecule has 1 aliphatic heterocycles. The number of carboxylic acid groups (broad SMARTS) is 1. The van der Waals surface area contributed by atoms with Gasteiger partial charge in [-0.15, -0.1) is 0 Å². The zero-order valence-electron chi connectivity index (χ0n) is 11.7. The van der Waals surface area contributed by atoms with E-state index in [0.717, 1.165) is 12.1 Å². The molecular formula is C15H17F2NO3. The molecule has 1 saturated heterocycles. The standard InChI is InChI=1S/C15H17F2NO3/c1-2-15(14(20)21)6-3-7-18(9-15)13(19)11-5-4-10(16)8-12(11)17/h4-5,8H,2-3,6-7,9H2,1H3,(H,20,21)/t15-/m1/s1. The zero-order chi connectivity index (χ0) is 15.6. The number of hydrogen-bond donors (Lipinski definition) is 1. The van der Waals surface area contributed by atoms with E-state index in [1.807, 2.05) is 0 Å². The molecule has 6 heteroatoms. The lowest BCUT2D eigenvalue weighted by molar-refractivity contribution is -0.152. The van der Waals surface area contributed by atoms with Gasteiger partial charge in [-0.3, -0.25) is 9.59 Å². The van der Waals surface area contributed by atoms with Gasteiger partial charge in [0.05, 0.1) is 11.0 Å². The van der Waals surface area contributed by atoms with Gasteiger partial charge in [0.1, 0.15) is 11.6 Å². The number of hydrogen-bond acceptors (Lipinski definition) is 2. The maximum Gasteiger partial charge on any atom is 0.311 e. The zero-order valence-corrected chi connectivity index (χ0v) is 11.7. The molecular weight excluding hydrogens is 280 g/mol. The van der Waals surface area contributed by atoms with Gasteiger partial charge in [-0.2, -0.15) is 0 Å². The first-order valence-electron chi connectivity index (χ1n) is 6.87. The smallest absolute Gasteiger partial charge is 0.311 e.